The molecule has 0 radical (unpaired) electrons. The van der Waals surface area contributed by atoms with Crippen molar-refractivity contribution >= 4 is 22.6 Å². The minimum Gasteiger partial charge on any atom is -0.497 e. The van der Waals surface area contributed by atoms with E-state index in [1.54, 1.807) is 19.1 Å². The standard InChI is InChI=1S/C30H35N5O5/c1-19-27(20(2)40-33-19)34(15-16-39-22-7-5-21(37-3)6-8-22)29(36)35-14-11-24-25-17-23(38-4)9-10-26(25)32-28(24)30(35)12-13-31-18-30/h5-10,17,31-32H,11-16,18H2,1-4H3/t30-/m1/s1. The summed E-state index contributed by atoms with van der Waals surface area (Å²) in [7, 11) is 3.32. The molecule has 10 heteroatoms. The van der Waals surface area contributed by atoms with E-state index in [-0.39, 0.29) is 6.03 Å². The molecule has 1 fully saturated rings. The fraction of sp³-hybridized carbons (Fsp3) is 0.400. The second kappa shape index (κ2) is 10.4. The van der Waals surface area contributed by atoms with Crippen LogP contribution in [0.25, 0.3) is 10.9 Å². The summed E-state index contributed by atoms with van der Waals surface area (Å²) in [4.78, 5) is 22.0. The fourth-order valence-corrected chi connectivity index (χ4v) is 6.22. The van der Waals surface area contributed by atoms with E-state index in [9.17, 15) is 4.79 Å². The summed E-state index contributed by atoms with van der Waals surface area (Å²) in [6.07, 6.45) is 1.56. The van der Waals surface area contributed by atoms with E-state index in [1.807, 2.05) is 49.1 Å². The van der Waals surface area contributed by atoms with Crippen LogP contribution in [0.1, 0.15) is 29.1 Å². The topological polar surface area (TPSA) is 105 Å². The molecule has 2 amide bonds. The van der Waals surface area contributed by atoms with Crippen molar-refractivity contribution in [2.45, 2.75) is 32.2 Å². The van der Waals surface area contributed by atoms with Gasteiger partial charge in [0.25, 0.3) is 0 Å². The Kier molecular flexibility index (Phi) is 6.79. The molecule has 1 spiro atoms. The molecule has 2 aliphatic rings. The van der Waals surface area contributed by atoms with Crippen molar-refractivity contribution in [1.82, 2.24) is 20.4 Å². The first-order valence-electron chi connectivity index (χ1n) is 13.6. The van der Waals surface area contributed by atoms with Crippen LogP contribution in [0.5, 0.6) is 17.2 Å². The number of anilines is 1. The van der Waals surface area contributed by atoms with Gasteiger partial charge in [-0.3, -0.25) is 4.90 Å². The van der Waals surface area contributed by atoms with Gasteiger partial charge in [0.05, 0.1) is 26.3 Å². The Bertz CT molecular complexity index is 1500. The van der Waals surface area contributed by atoms with Gasteiger partial charge in [0.2, 0.25) is 0 Å². The molecular weight excluding hydrogens is 510 g/mol. The predicted molar refractivity (Wildman–Crippen MR) is 152 cm³/mol. The van der Waals surface area contributed by atoms with Gasteiger partial charge in [-0.2, -0.15) is 0 Å². The molecule has 4 aromatic rings. The van der Waals surface area contributed by atoms with Gasteiger partial charge in [-0.15, -0.1) is 0 Å². The van der Waals surface area contributed by atoms with Crippen LogP contribution in [-0.2, 0) is 12.0 Å². The van der Waals surface area contributed by atoms with Gasteiger partial charge in [0, 0.05) is 29.7 Å². The normalized spacial score (nSPS) is 18.2. The maximum absolute atomic E-state index is 14.6. The Morgan fingerprint density at radius 2 is 1.85 bits per heavy atom. The highest BCUT2D eigenvalue weighted by Gasteiger charge is 2.50. The number of nitrogens with one attached hydrogen (secondary N) is 2. The van der Waals surface area contributed by atoms with E-state index in [0.29, 0.717) is 49.1 Å². The number of aromatic nitrogens is 2. The Morgan fingerprint density at radius 1 is 1.10 bits per heavy atom. The van der Waals surface area contributed by atoms with Crippen molar-refractivity contribution in [2.24, 2.45) is 0 Å². The lowest BCUT2D eigenvalue weighted by Crippen LogP contribution is -2.59. The molecule has 10 nitrogen and oxygen atoms in total. The lowest BCUT2D eigenvalue weighted by atomic mass is 9.84. The monoisotopic (exact) mass is 545 g/mol. The molecule has 4 heterocycles. The average Bonchev–Trinajstić information content (AvgIpc) is 3.69. The number of aryl methyl sites for hydroxylation is 2. The van der Waals surface area contributed by atoms with Crippen LogP contribution in [-0.4, -0.2) is 68.1 Å². The van der Waals surface area contributed by atoms with Crippen molar-refractivity contribution < 1.29 is 23.5 Å². The molecule has 2 aliphatic heterocycles. The van der Waals surface area contributed by atoms with Gasteiger partial charge in [-0.05, 0) is 81.3 Å². The van der Waals surface area contributed by atoms with Crippen molar-refractivity contribution in [3.05, 3.63) is 65.2 Å². The van der Waals surface area contributed by atoms with Crippen LogP contribution in [0.2, 0.25) is 0 Å². The lowest BCUT2D eigenvalue weighted by molar-refractivity contribution is 0.115. The maximum Gasteiger partial charge on any atom is 0.325 e. The quantitative estimate of drug-likeness (QED) is 0.351. The molecule has 2 aromatic heterocycles. The molecule has 40 heavy (non-hydrogen) atoms. The minimum absolute atomic E-state index is 0.0849. The summed E-state index contributed by atoms with van der Waals surface area (Å²) < 4.78 is 22.3. The number of aromatic amines is 1. The van der Waals surface area contributed by atoms with E-state index in [1.165, 1.54) is 5.56 Å². The second-order valence-corrected chi connectivity index (χ2v) is 10.4. The lowest BCUT2D eigenvalue weighted by Gasteiger charge is -2.46. The molecule has 1 atom stereocenters. The summed E-state index contributed by atoms with van der Waals surface area (Å²) in [5.74, 6) is 2.90. The molecule has 1 saturated heterocycles. The van der Waals surface area contributed by atoms with Gasteiger partial charge >= 0.3 is 6.03 Å². The SMILES string of the molecule is COc1ccc(OCCN(C(=O)N2CCc3c([nH]c4ccc(OC)cc34)[C@]23CCNC3)c2c(C)noc2C)cc1. The van der Waals surface area contributed by atoms with E-state index in [4.69, 9.17) is 18.7 Å². The summed E-state index contributed by atoms with van der Waals surface area (Å²) >= 11 is 0. The molecule has 2 aromatic carbocycles. The molecular formula is C30H35N5O5. The molecule has 0 saturated carbocycles. The third-order valence-corrected chi connectivity index (χ3v) is 8.18. The van der Waals surface area contributed by atoms with Crippen molar-refractivity contribution in [3.63, 3.8) is 0 Å². The van der Waals surface area contributed by atoms with Crippen LogP contribution in [0, 0.1) is 13.8 Å². The molecule has 0 aliphatic carbocycles. The molecule has 2 N–H and O–H groups in total. The third-order valence-electron chi connectivity index (χ3n) is 8.18. The summed E-state index contributed by atoms with van der Waals surface area (Å²) in [5.41, 5.74) is 4.29. The predicted octanol–water partition coefficient (Wildman–Crippen LogP) is 4.54. The molecule has 210 valence electrons. The number of hydrogen-bond acceptors (Lipinski definition) is 7. The van der Waals surface area contributed by atoms with Crippen LogP contribution < -0.4 is 24.4 Å². The van der Waals surface area contributed by atoms with Crippen LogP contribution in [0.4, 0.5) is 10.5 Å². The summed E-state index contributed by atoms with van der Waals surface area (Å²) in [6, 6.07) is 13.4. The van der Waals surface area contributed by atoms with Crippen molar-refractivity contribution in [2.75, 3.05) is 51.9 Å². The van der Waals surface area contributed by atoms with Gasteiger partial charge < -0.3 is 33.9 Å². The smallest absolute Gasteiger partial charge is 0.325 e. The number of fused-ring (bicyclic) bond motifs is 4. The zero-order valence-electron chi connectivity index (χ0n) is 23.4. The zero-order chi connectivity index (χ0) is 27.9. The average molecular weight is 546 g/mol. The van der Waals surface area contributed by atoms with E-state index < -0.39 is 5.54 Å². The third kappa shape index (κ3) is 4.32. The highest BCUT2D eigenvalue weighted by atomic mass is 16.5. The van der Waals surface area contributed by atoms with E-state index in [0.717, 1.165) is 47.5 Å². The number of benzene rings is 2. The van der Waals surface area contributed by atoms with Crippen molar-refractivity contribution in [1.29, 1.82) is 0 Å². The minimum atomic E-state index is -0.495. The number of ether oxygens (including phenoxy) is 3. The first-order valence-corrected chi connectivity index (χ1v) is 13.6. The number of hydrogen-bond donors (Lipinski definition) is 2. The Hall–Kier alpha value is -4.18. The fourth-order valence-electron chi connectivity index (χ4n) is 6.22. The number of rotatable bonds is 7. The van der Waals surface area contributed by atoms with Gasteiger partial charge in [-0.1, -0.05) is 5.16 Å². The Morgan fingerprint density at radius 3 is 2.52 bits per heavy atom. The summed E-state index contributed by atoms with van der Waals surface area (Å²) in [6.45, 7) is 6.44. The molecule has 0 unspecified atom stereocenters. The first-order chi connectivity index (χ1) is 19.4. The number of H-pyrrole nitrogens is 1. The first kappa shape index (κ1) is 26.1. The zero-order valence-corrected chi connectivity index (χ0v) is 23.4. The number of carbonyl (C=O) groups is 1. The van der Waals surface area contributed by atoms with Gasteiger partial charge in [0.15, 0.2) is 5.76 Å². The number of nitrogens with zero attached hydrogens (tertiary/aromatic N) is 3. The second-order valence-electron chi connectivity index (χ2n) is 10.4. The molecule has 6 rings (SSSR count). The number of methoxy groups -OCH3 is 2. The van der Waals surface area contributed by atoms with E-state index in [2.05, 4.69) is 27.6 Å². The van der Waals surface area contributed by atoms with Gasteiger partial charge in [-0.25, -0.2) is 4.79 Å². The number of carbonyl (C=O) groups excluding carboxylic acids is 1. The number of amides is 2. The largest absolute Gasteiger partial charge is 0.497 e. The summed E-state index contributed by atoms with van der Waals surface area (Å²) in [5, 5.41) is 8.83. The highest BCUT2D eigenvalue weighted by molar-refractivity contribution is 5.95. The van der Waals surface area contributed by atoms with Crippen LogP contribution in [0.15, 0.2) is 47.0 Å². The van der Waals surface area contributed by atoms with Gasteiger partial charge in [0.1, 0.15) is 35.2 Å². The Labute approximate surface area is 233 Å². The Balaban J connectivity index is 1.33. The maximum atomic E-state index is 14.6. The van der Waals surface area contributed by atoms with Crippen molar-refractivity contribution in [3.8, 4) is 17.2 Å². The van der Waals surface area contributed by atoms with E-state index >= 15 is 0 Å². The van der Waals surface area contributed by atoms with Crippen LogP contribution >= 0.6 is 0 Å². The number of urea groups is 1. The highest BCUT2D eigenvalue weighted by Crippen LogP contribution is 2.44. The van der Waals surface area contributed by atoms with Crippen LogP contribution in [0.3, 0.4) is 0 Å². The molecule has 0 bridgehead atoms.